The van der Waals surface area contributed by atoms with Gasteiger partial charge in [0.25, 0.3) is 0 Å². The lowest BCUT2D eigenvalue weighted by atomic mass is 9.85. The standard InChI is InChI=1S/C25H18ClNO2S/c1-15-7-9-16(10-8-15)19-14-22(28)27(18-5-3-2-4-6-18)25-23(19)24(29)20-13-17(26)11-12-21(20)30-25/h2-13,19H,14H2,1H3. The third-order valence-corrected chi connectivity index (χ3v) is 6.95. The van der Waals surface area contributed by atoms with Crippen LogP contribution < -0.4 is 10.3 Å². The van der Waals surface area contributed by atoms with Crippen LogP contribution in [0.3, 0.4) is 0 Å². The molecule has 0 aliphatic carbocycles. The normalized spacial score (nSPS) is 16.0. The zero-order valence-electron chi connectivity index (χ0n) is 16.3. The minimum absolute atomic E-state index is 0.0109. The zero-order valence-corrected chi connectivity index (χ0v) is 17.8. The zero-order chi connectivity index (χ0) is 20.8. The summed E-state index contributed by atoms with van der Waals surface area (Å²) in [6, 6.07) is 23.0. The van der Waals surface area contributed by atoms with E-state index in [4.69, 9.17) is 11.6 Å². The molecule has 1 aliphatic rings. The van der Waals surface area contributed by atoms with Gasteiger partial charge in [0.05, 0.1) is 0 Å². The molecule has 5 heteroatoms. The summed E-state index contributed by atoms with van der Waals surface area (Å²) >= 11 is 7.66. The maximum Gasteiger partial charge on any atom is 0.233 e. The molecule has 4 aromatic rings. The molecule has 2 heterocycles. The SMILES string of the molecule is Cc1ccc(C2CC(=O)N(c3ccccc3)c3sc4ccc(Cl)cc4c(=O)c32)cc1. The topological polar surface area (TPSA) is 37.4 Å². The molecule has 0 N–H and O–H groups in total. The van der Waals surface area contributed by atoms with Gasteiger partial charge in [-0.05, 0) is 42.8 Å². The fourth-order valence-electron chi connectivity index (χ4n) is 4.05. The van der Waals surface area contributed by atoms with Gasteiger partial charge < -0.3 is 0 Å². The third kappa shape index (κ3) is 3.13. The lowest BCUT2D eigenvalue weighted by Crippen LogP contribution is -2.35. The van der Waals surface area contributed by atoms with Crippen molar-refractivity contribution < 1.29 is 4.79 Å². The molecular formula is C25H18ClNO2S. The molecule has 0 bridgehead atoms. The largest absolute Gasteiger partial charge is 0.289 e. The highest BCUT2D eigenvalue weighted by atomic mass is 35.5. The second-order valence-corrected chi connectivity index (χ2v) is 8.99. The number of carbonyl (C=O) groups is 1. The Bertz CT molecular complexity index is 1330. The van der Waals surface area contributed by atoms with E-state index in [1.807, 2.05) is 67.6 Å². The summed E-state index contributed by atoms with van der Waals surface area (Å²) in [5.74, 6) is -0.288. The molecule has 148 valence electrons. The van der Waals surface area contributed by atoms with Gasteiger partial charge in [-0.25, -0.2) is 0 Å². The van der Waals surface area contributed by atoms with Crippen molar-refractivity contribution in [2.45, 2.75) is 19.3 Å². The van der Waals surface area contributed by atoms with E-state index in [1.165, 1.54) is 11.3 Å². The summed E-state index contributed by atoms with van der Waals surface area (Å²) in [5, 5.41) is 1.83. The number of hydrogen-bond acceptors (Lipinski definition) is 3. The number of anilines is 2. The quantitative estimate of drug-likeness (QED) is 0.367. The highest BCUT2D eigenvalue weighted by Crippen LogP contribution is 2.45. The van der Waals surface area contributed by atoms with E-state index < -0.39 is 0 Å². The van der Waals surface area contributed by atoms with Gasteiger partial charge in [0, 0.05) is 38.7 Å². The third-order valence-electron chi connectivity index (χ3n) is 5.54. The first kappa shape index (κ1) is 19.0. The minimum atomic E-state index is -0.278. The number of fused-ring (bicyclic) bond motifs is 2. The fraction of sp³-hybridized carbons (Fsp3) is 0.120. The molecule has 1 aromatic heterocycles. The molecule has 0 radical (unpaired) electrons. The van der Waals surface area contributed by atoms with Gasteiger partial charge in [0.1, 0.15) is 5.00 Å². The average molecular weight is 432 g/mol. The monoisotopic (exact) mass is 431 g/mol. The molecule has 30 heavy (non-hydrogen) atoms. The van der Waals surface area contributed by atoms with E-state index in [0.29, 0.717) is 21.0 Å². The first-order chi connectivity index (χ1) is 14.5. The predicted molar refractivity (Wildman–Crippen MR) is 124 cm³/mol. The second-order valence-electron chi connectivity index (χ2n) is 7.52. The van der Waals surface area contributed by atoms with E-state index in [2.05, 4.69) is 0 Å². The van der Waals surface area contributed by atoms with Crippen molar-refractivity contribution in [3.63, 3.8) is 0 Å². The first-order valence-electron chi connectivity index (χ1n) is 9.74. The highest BCUT2D eigenvalue weighted by Gasteiger charge is 2.36. The summed E-state index contributed by atoms with van der Waals surface area (Å²) in [5.41, 5.74) is 3.51. The van der Waals surface area contributed by atoms with Gasteiger partial charge in [-0.3, -0.25) is 14.5 Å². The molecule has 5 rings (SSSR count). The van der Waals surface area contributed by atoms with Crippen LogP contribution in [0, 0.1) is 6.92 Å². The number of rotatable bonds is 2. The van der Waals surface area contributed by atoms with Crippen LogP contribution in [-0.4, -0.2) is 5.91 Å². The van der Waals surface area contributed by atoms with E-state index in [1.54, 1.807) is 17.0 Å². The number of benzene rings is 3. The van der Waals surface area contributed by atoms with Crippen LogP contribution in [0.25, 0.3) is 10.1 Å². The number of amides is 1. The van der Waals surface area contributed by atoms with Crippen molar-refractivity contribution in [3.05, 3.63) is 105 Å². The predicted octanol–water partition coefficient (Wildman–Crippen LogP) is 6.42. The second kappa shape index (κ2) is 7.38. The first-order valence-corrected chi connectivity index (χ1v) is 10.9. The molecule has 3 nitrogen and oxygen atoms in total. The minimum Gasteiger partial charge on any atom is -0.289 e. The number of carbonyl (C=O) groups excluding carboxylic acids is 1. The van der Waals surface area contributed by atoms with E-state index in [0.717, 1.165) is 21.5 Å². The molecule has 1 amide bonds. The average Bonchev–Trinajstić information content (AvgIpc) is 2.75. The number of halogens is 1. The Balaban J connectivity index is 1.82. The molecule has 1 unspecified atom stereocenters. The highest BCUT2D eigenvalue weighted by molar-refractivity contribution is 7.22. The molecule has 3 aromatic carbocycles. The number of para-hydroxylation sites is 1. The van der Waals surface area contributed by atoms with Crippen molar-refractivity contribution in [2.75, 3.05) is 4.90 Å². The Hall–Kier alpha value is -2.95. The van der Waals surface area contributed by atoms with Gasteiger partial charge in [0.2, 0.25) is 5.91 Å². The maximum atomic E-state index is 13.7. The molecule has 0 saturated carbocycles. The lowest BCUT2D eigenvalue weighted by Gasteiger charge is -2.33. The lowest BCUT2D eigenvalue weighted by molar-refractivity contribution is -0.118. The van der Waals surface area contributed by atoms with Crippen LogP contribution >= 0.6 is 22.9 Å². The van der Waals surface area contributed by atoms with Crippen molar-refractivity contribution in [2.24, 2.45) is 0 Å². The molecule has 1 aliphatic heterocycles. The molecular weight excluding hydrogens is 414 g/mol. The molecule has 0 fully saturated rings. The van der Waals surface area contributed by atoms with E-state index in [9.17, 15) is 9.59 Å². The van der Waals surface area contributed by atoms with Crippen LogP contribution in [0.4, 0.5) is 10.7 Å². The summed E-state index contributed by atoms with van der Waals surface area (Å²) < 4.78 is 0.821. The number of aryl methyl sites for hydroxylation is 1. The smallest absolute Gasteiger partial charge is 0.233 e. The summed E-state index contributed by atoms with van der Waals surface area (Å²) in [4.78, 5) is 28.7. The summed E-state index contributed by atoms with van der Waals surface area (Å²) in [7, 11) is 0. The Morgan fingerprint density at radius 1 is 0.967 bits per heavy atom. The molecule has 0 saturated heterocycles. The van der Waals surface area contributed by atoms with Gasteiger partial charge >= 0.3 is 0 Å². The van der Waals surface area contributed by atoms with Gasteiger partial charge in [-0.1, -0.05) is 59.6 Å². The Morgan fingerprint density at radius 3 is 2.43 bits per heavy atom. The van der Waals surface area contributed by atoms with Crippen LogP contribution in [-0.2, 0) is 4.79 Å². The van der Waals surface area contributed by atoms with E-state index >= 15 is 0 Å². The van der Waals surface area contributed by atoms with Crippen LogP contribution in [0.15, 0.2) is 77.6 Å². The van der Waals surface area contributed by atoms with Gasteiger partial charge in [-0.2, -0.15) is 0 Å². The Morgan fingerprint density at radius 2 is 1.70 bits per heavy atom. The van der Waals surface area contributed by atoms with Crippen LogP contribution in [0.5, 0.6) is 0 Å². The van der Waals surface area contributed by atoms with Crippen LogP contribution in [0.2, 0.25) is 5.02 Å². The number of hydrogen-bond donors (Lipinski definition) is 0. The van der Waals surface area contributed by atoms with Crippen molar-refractivity contribution >= 4 is 49.6 Å². The summed E-state index contributed by atoms with van der Waals surface area (Å²) in [6.07, 6.45) is 0.249. The number of nitrogens with zero attached hydrogens (tertiary/aromatic N) is 1. The van der Waals surface area contributed by atoms with Crippen LogP contribution in [0.1, 0.15) is 29.0 Å². The van der Waals surface area contributed by atoms with Gasteiger partial charge in [0.15, 0.2) is 5.43 Å². The van der Waals surface area contributed by atoms with Gasteiger partial charge in [-0.15, -0.1) is 11.3 Å². The van der Waals surface area contributed by atoms with Crippen molar-refractivity contribution in [3.8, 4) is 0 Å². The van der Waals surface area contributed by atoms with E-state index in [-0.39, 0.29) is 23.7 Å². The molecule has 1 atom stereocenters. The van der Waals surface area contributed by atoms with Crippen molar-refractivity contribution in [1.82, 2.24) is 0 Å². The molecule has 0 spiro atoms. The summed E-state index contributed by atoms with van der Waals surface area (Å²) in [6.45, 7) is 2.03. The Labute approximate surface area is 183 Å². The fourth-order valence-corrected chi connectivity index (χ4v) is 5.47. The Kier molecular flexibility index (Phi) is 4.69. The maximum absolute atomic E-state index is 13.7. The van der Waals surface area contributed by atoms with Crippen molar-refractivity contribution in [1.29, 1.82) is 0 Å².